The summed E-state index contributed by atoms with van der Waals surface area (Å²) in [6, 6.07) is 9.36. The maximum atomic E-state index is 9.47. The van der Waals surface area contributed by atoms with Gasteiger partial charge in [0.05, 0.1) is 6.07 Å². The average molecular weight is 244 g/mol. The standard InChI is InChI=1S/C15H20N2O/c16-11-15(12-6-5-9-14(18)10-12)17-13-7-3-1-2-4-8-13/h5-6,9-10,13,15,17-18H,1-4,7-8H2. The van der Waals surface area contributed by atoms with Crippen molar-refractivity contribution in [1.82, 2.24) is 5.32 Å². The molecule has 0 heterocycles. The number of hydrogen-bond donors (Lipinski definition) is 2. The molecule has 18 heavy (non-hydrogen) atoms. The van der Waals surface area contributed by atoms with E-state index in [4.69, 9.17) is 0 Å². The molecule has 0 bridgehead atoms. The smallest absolute Gasteiger partial charge is 0.121 e. The molecule has 0 amide bonds. The van der Waals surface area contributed by atoms with Crippen LogP contribution in [0, 0.1) is 11.3 Å². The number of nitrogens with zero attached hydrogens (tertiary/aromatic N) is 1. The molecule has 3 heteroatoms. The monoisotopic (exact) mass is 244 g/mol. The van der Waals surface area contributed by atoms with Crippen LogP contribution in [0.4, 0.5) is 0 Å². The molecule has 0 saturated heterocycles. The predicted molar refractivity (Wildman–Crippen MR) is 71.1 cm³/mol. The van der Waals surface area contributed by atoms with Gasteiger partial charge in [-0.3, -0.25) is 5.32 Å². The number of phenols is 1. The van der Waals surface area contributed by atoms with E-state index in [2.05, 4.69) is 11.4 Å². The van der Waals surface area contributed by atoms with Gasteiger partial charge < -0.3 is 5.11 Å². The number of rotatable bonds is 3. The Kier molecular flexibility index (Phi) is 4.60. The molecule has 0 aromatic heterocycles. The number of benzene rings is 1. The van der Waals surface area contributed by atoms with Crippen LogP contribution < -0.4 is 5.32 Å². The third kappa shape index (κ3) is 3.48. The summed E-state index contributed by atoms with van der Waals surface area (Å²) in [6.45, 7) is 0. The minimum Gasteiger partial charge on any atom is -0.508 e. The molecule has 1 aromatic carbocycles. The Bertz CT molecular complexity index is 417. The first-order chi connectivity index (χ1) is 8.79. The van der Waals surface area contributed by atoms with E-state index >= 15 is 0 Å². The van der Waals surface area contributed by atoms with Gasteiger partial charge in [-0.05, 0) is 30.5 Å². The second-order valence-electron chi connectivity index (χ2n) is 5.01. The highest BCUT2D eigenvalue weighted by Gasteiger charge is 2.18. The molecule has 1 aliphatic rings. The third-order valence-corrected chi connectivity index (χ3v) is 3.59. The van der Waals surface area contributed by atoms with Crippen molar-refractivity contribution in [3.63, 3.8) is 0 Å². The van der Waals surface area contributed by atoms with Crippen molar-refractivity contribution in [2.24, 2.45) is 0 Å². The van der Waals surface area contributed by atoms with Gasteiger partial charge in [0.1, 0.15) is 11.8 Å². The van der Waals surface area contributed by atoms with Crippen LogP contribution in [0.25, 0.3) is 0 Å². The molecule has 1 atom stereocenters. The zero-order chi connectivity index (χ0) is 12.8. The Morgan fingerprint density at radius 3 is 2.56 bits per heavy atom. The highest BCUT2D eigenvalue weighted by atomic mass is 16.3. The molecule has 0 aliphatic heterocycles. The minimum absolute atomic E-state index is 0.218. The van der Waals surface area contributed by atoms with Gasteiger partial charge in [0.2, 0.25) is 0 Å². The number of nitrogens with one attached hydrogen (secondary N) is 1. The van der Waals surface area contributed by atoms with Crippen molar-refractivity contribution in [3.05, 3.63) is 29.8 Å². The van der Waals surface area contributed by atoms with Crippen LogP contribution in [0.3, 0.4) is 0 Å². The average Bonchev–Trinajstić information content (AvgIpc) is 2.64. The Labute approximate surface area is 108 Å². The quantitative estimate of drug-likeness (QED) is 0.802. The van der Waals surface area contributed by atoms with Crippen LogP contribution >= 0.6 is 0 Å². The molecular weight excluding hydrogens is 224 g/mol. The summed E-state index contributed by atoms with van der Waals surface area (Å²) < 4.78 is 0. The predicted octanol–water partition coefficient (Wildman–Crippen LogP) is 3.27. The SMILES string of the molecule is N#CC(NC1CCCCCC1)c1cccc(O)c1. The van der Waals surface area contributed by atoms with Gasteiger partial charge in [-0.25, -0.2) is 0 Å². The lowest BCUT2D eigenvalue weighted by Crippen LogP contribution is -2.31. The Balaban J connectivity index is 2.02. The van der Waals surface area contributed by atoms with Crippen LogP contribution in [0.1, 0.15) is 50.1 Å². The van der Waals surface area contributed by atoms with Gasteiger partial charge in [-0.1, -0.05) is 37.8 Å². The van der Waals surface area contributed by atoms with Crippen molar-refractivity contribution in [3.8, 4) is 11.8 Å². The molecule has 96 valence electrons. The fourth-order valence-corrected chi connectivity index (χ4v) is 2.59. The molecule has 1 fully saturated rings. The van der Waals surface area contributed by atoms with E-state index in [0.29, 0.717) is 6.04 Å². The summed E-state index contributed by atoms with van der Waals surface area (Å²) in [5, 5.41) is 22.2. The number of phenolic OH excluding ortho intramolecular Hbond substituents is 1. The molecule has 2 rings (SSSR count). The van der Waals surface area contributed by atoms with Gasteiger partial charge in [0, 0.05) is 6.04 Å². The van der Waals surface area contributed by atoms with Crippen molar-refractivity contribution in [2.45, 2.75) is 50.6 Å². The summed E-state index contributed by atoms with van der Waals surface area (Å²) >= 11 is 0. The Morgan fingerprint density at radius 2 is 1.94 bits per heavy atom. The molecular formula is C15H20N2O. The van der Waals surface area contributed by atoms with Gasteiger partial charge >= 0.3 is 0 Å². The fraction of sp³-hybridized carbons (Fsp3) is 0.533. The van der Waals surface area contributed by atoms with E-state index in [-0.39, 0.29) is 11.8 Å². The van der Waals surface area contributed by atoms with E-state index in [1.807, 2.05) is 6.07 Å². The Hall–Kier alpha value is -1.53. The first-order valence-corrected chi connectivity index (χ1v) is 6.74. The summed E-state index contributed by atoms with van der Waals surface area (Å²) in [6.07, 6.45) is 7.41. The lowest BCUT2D eigenvalue weighted by atomic mass is 10.0. The van der Waals surface area contributed by atoms with E-state index in [0.717, 1.165) is 18.4 Å². The minimum atomic E-state index is -0.319. The van der Waals surface area contributed by atoms with Crippen LogP contribution in [0.15, 0.2) is 24.3 Å². The van der Waals surface area contributed by atoms with Gasteiger partial charge in [0.15, 0.2) is 0 Å². The highest BCUT2D eigenvalue weighted by Crippen LogP contribution is 2.22. The normalized spacial score (nSPS) is 18.8. The number of nitriles is 1. The van der Waals surface area contributed by atoms with Crippen LogP contribution in [-0.4, -0.2) is 11.1 Å². The molecule has 1 unspecified atom stereocenters. The van der Waals surface area contributed by atoms with Crippen molar-refractivity contribution >= 4 is 0 Å². The zero-order valence-corrected chi connectivity index (χ0v) is 10.6. The van der Waals surface area contributed by atoms with Crippen LogP contribution in [0.5, 0.6) is 5.75 Å². The first kappa shape index (κ1) is 12.9. The second-order valence-corrected chi connectivity index (χ2v) is 5.01. The van der Waals surface area contributed by atoms with Crippen LogP contribution in [0.2, 0.25) is 0 Å². The molecule has 1 aliphatic carbocycles. The van der Waals surface area contributed by atoms with E-state index in [1.54, 1.807) is 18.2 Å². The molecule has 1 aromatic rings. The largest absolute Gasteiger partial charge is 0.508 e. The van der Waals surface area contributed by atoms with E-state index in [9.17, 15) is 10.4 Å². The van der Waals surface area contributed by atoms with Gasteiger partial charge in [-0.2, -0.15) is 5.26 Å². The Morgan fingerprint density at radius 1 is 1.22 bits per heavy atom. The molecule has 0 spiro atoms. The maximum Gasteiger partial charge on any atom is 0.121 e. The summed E-state index contributed by atoms with van der Waals surface area (Å²) in [5.41, 5.74) is 0.849. The highest BCUT2D eigenvalue weighted by molar-refractivity contribution is 5.32. The van der Waals surface area contributed by atoms with Crippen molar-refractivity contribution in [2.75, 3.05) is 0 Å². The maximum absolute atomic E-state index is 9.47. The van der Waals surface area contributed by atoms with E-state index < -0.39 is 0 Å². The number of aromatic hydroxyl groups is 1. The van der Waals surface area contributed by atoms with Crippen molar-refractivity contribution < 1.29 is 5.11 Å². The van der Waals surface area contributed by atoms with Gasteiger partial charge in [0.25, 0.3) is 0 Å². The first-order valence-electron chi connectivity index (χ1n) is 6.74. The third-order valence-electron chi connectivity index (χ3n) is 3.59. The molecule has 1 saturated carbocycles. The summed E-state index contributed by atoms with van der Waals surface area (Å²) in [7, 11) is 0. The van der Waals surface area contributed by atoms with E-state index in [1.165, 1.54) is 25.7 Å². The number of hydrogen-bond acceptors (Lipinski definition) is 3. The van der Waals surface area contributed by atoms with Crippen molar-refractivity contribution in [1.29, 1.82) is 5.26 Å². The summed E-state index contributed by atoms with van der Waals surface area (Å²) in [4.78, 5) is 0. The van der Waals surface area contributed by atoms with Crippen LogP contribution in [-0.2, 0) is 0 Å². The lowest BCUT2D eigenvalue weighted by Gasteiger charge is -2.20. The zero-order valence-electron chi connectivity index (χ0n) is 10.6. The topological polar surface area (TPSA) is 56.0 Å². The fourth-order valence-electron chi connectivity index (χ4n) is 2.59. The molecule has 2 N–H and O–H groups in total. The second kappa shape index (κ2) is 6.42. The molecule has 0 radical (unpaired) electrons. The lowest BCUT2D eigenvalue weighted by molar-refractivity contribution is 0.434. The summed E-state index contributed by atoms with van der Waals surface area (Å²) in [5.74, 6) is 0.218. The van der Waals surface area contributed by atoms with Gasteiger partial charge in [-0.15, -0.1) is 0 Å². The molecule has 3 nitrogen and oxygen atoms in total.